The van der Waals surface area contributed by atoms with Gasteiger partial charge in [-0.3, -0.25) is 4.98 Å². The van der Waals surface area contributed by atoms with Crippen LogP contribution in [0.2, 0.25) is 0 Å². The van der Waals surface area contributed by atoms with Gasteiger partial charge in [-0.15, -0.1) is 0 Å². The zero-order valence-electron chi connectivity index (χ0n) is 9.48. The first-order valence-electron chi connectivity index (χ1n) is 5.24. The van der Waals surface area contributed by atoms with Crippen molar-refractivity contribution in [3.05, 3.63) is 58.0 Å². The van der Waals surface area contributed by atoms with Crippen LogP contribution < -0.4 is 5.69 Å². The van der Waals surface area contributed by atoms with Gasteiger partial charge < -0.3 is 0 Å². The van der Waals surface area contributed by atoms with Crippen LogP contribution in [-0.2, 0) is 3.79 Å². The largest absolute Gasteiger partial charge is 0.348 e. The molecule has 0 fully saturated rings. The maximum Gasteiger partial charge on any atom is 0.348 e. The van der Waals surface area contributed by atoms with Crippen LogP contribution in [0.1, 0.15) is 17.2 Å². The summed E-state index contributed by atoms with van der Waals surface area (Å²) in [5, 5.41) is 0. The maximum atomic E-state index is 11.4. The highest BCUT2D eigenvalue weighted by Gasteiger charge is 2.26. The summed E-state index contributed by atoms with van der Waals surface area (Å²) in [6.45, 7) is 0. The summed E-state index contributed by atoms with van der Waals surface area (Å²) < 4.78 is -1.79. The number of alkyl halides is 3. The number of aromatic nitrogens is 3. The summed E-state index contributed by atoms with van der Waals surface area (Å²) in [6, 6.07) is 9.50. The van der Waals surface area contributed by atoms with E-state index in [1.165, 1.54) is 0 Å². The van der Waals surface area contributed by atoms with Gasteiger partial charge in [0, 0.05) is 0 Å². The van der Waals surface area contributed by atoms with Gasteiger partial charge in [-0.1, -0.05) is 71.2 Å². The van der Waals surface area contributed by atoms with Crippen molar-refractivity contribution in [2.45, 2.75) is 3.79 Å². The molecule has 0 saturated carbocycles. The Hall–Kier alpha value is -1.36. The first-order chi connectivity index (χ1) is 8.95. The van der Waals surface area contributed by atoms with Crippen molar-refractivity contribution in [2.24, 2.45) is 0 Å². The first kappa shape index (κ1) is 14.1. The molecule has 1 heterocycles. The smallest absolute Gasteiger partial charge is 0.290 e. The van der Waals surface area contributed by atoms with Crippen LogP contribution in [0.25, 0.3) is 12.2 Å². The SMILES string of the molecule is O=c1nc(C=Cc2ccccc2)nc(C(Cl)(Cl)Cl)[nH]1. The third kappa shape index (κ3) is 4.06. The van der Waals surface area contributed by atoms with E-state index in [0.29, 0.717) is 0 Å². The molecule has 4 nitrogen and oxygen atoms in total. The molecule has 0 bridgehead atoms. The molecule has 98 valence electrons. The first-order valence-corrected chi connectivity index (χ1v) is 6.37. The van der Waals surface area contributed by atoms with Crippen molar-refractivity contribution >= 4 is 47.0 Å². The summed E-state index contributed by atoms with van der Waals surface area (Å²) in [4.78, 5) is 21.3. The van der Waals surface area contributed by atoms with Gasteiger partial charge in [-0.25, -0.2) is 9.78 Å². The average molecular weight is 317 g/mol. The van der Waals surface area contributed by atoms with E-state index in [4.69, 9.17) is 34.8 Å². The predicted octanol–water partition coefficient (Wildman–Crippen LogP) is 3.16. The number of H-pyrrole nitrogens is 1. The zero-order chi connectivity index (χ0) is 13.9. The summed E-state index contributed by atoms with van der Waals surface area (Å²) in [5.74, 6) is 0.110. The highest BCUT2D eigenvalue weighted by atomic mass is 35.6. The molecule has 0 aliphatic rings. The quantitative estimate of drug-likeness (QED) is 0.866. The van der Waals surface area contributed by atoms with E-state index in [1.54, 1.807) is 12.2 Å². The number of benzene rings is 1. The van der Waals surface area contributed by atoms with E-state index in [-0.39, 0.29) is 11.6 Å². The van der Waals surface area contributed by atoms with E-state index in [0.717, 1.165) is 5.56 Å². The fourth-order valence-electron chi connectivity index (χ4n) is 1.34. The molecule has 19 heavy (non-hydrogen) atoms. The van der Waals surface area contributed by atoms with Gasteiger partial charge in [0.25, 0.3) is 0 Å². The van der Waals surface area contributed by atoms with Crippen LogP contribution in [0.5, 0.6) is 0 Å². The third-order valence-electron chi connectivity index (χ3n) is 2.16. The second-order valence-corrected chi connectivity index (χ2v) is 5.88. The Morgan fingerprint density at radius 1 is 1.05 bits per heavy atom. The monoisotopic (exact) mass is 315 g/mol. The Kier molecular flexibility index (Phi) is 4.24. The molecule has 2 aromatic rings. The summed E-state index contributed by atoms with van der Waals surface area (Å²) in [7, 11) is 0. The van der Waals surface area contributed by atoms with E-state index in [1.807, 2.05) is 30.3 Å². The van der Waals surface area contributed by atoms with Crippen LogP contribution in [0.4, 0.5) is 0 Å². The molecule has 1 aromatic heterocycles. The number of aromatic amines is 1. The van der Waals surface area contributed by atoms with Gasteiger partial charge in [-0.2, -0.15) is 4.98 Å². The fraction of sp³-hybridized carbons (Fsp3) is 0.0833. The predicted molar refractivity (Wildman–Crippen MR) is 77.3 cm³/mol. The number of nitrogens with zero attached hydrogens (tertiary/aromatic N) is 2. The molecule has 2 rings (SSSR count). The Morgan fingerprint density at radius 2 is 1.74 bits per heavy atom. The van der Waals surface area contributed by atoms with Crippen molar-refractivity contribution < 1.29 is 0 Å². The van der Waals surface area contributed by atoms with Crippen LogP contribution in [0.3, 0.4) is 0 Å². The second-order valence-electron chi connectivity index (χ2n) is 3.60. The molecular weight excluding hydrogens is 309 g/mol. The molecular formula is C12H8Cl3N3O. The molecule has 0 atom stereocenters. The van der Waals surface area contributed by atoms with Gasteiger partial charge >= 0.3 is 5.69 Å². The lowest BCUT2D eigenvalue weighted by Gasteiger charge is -2.08. The Morgan fingerprint density at radius 3 is 2.37 bits per heavy atom. The molecule has 1 aromatic carbocycles. The number of hydrogen-bond acceptors (Lipinski definition) is 3. The number of hydrogen-bond donors (Lipinski definition) is 1. The van der Waals surface area contributed by atoms with Crippen molar-refractivity contribution in [1.82, 2.24) is 15.0 Å². The Labute approximate surface area is 124 Å². The van der Waals surface area contributed by atoms with Gasteiger partial charge in [0.15, 0.2) is 11.6 Å². The minimum Gasteiger partial charge on any atom is -0.290 e. The molecule has 0 unspecified atom stereocenters. The van der Waals surface area contributed by atoms with E-state index >= 15 is 0 Å². The standard InChI is InChI=1S/C12H8Cl3N3O/c13-12(14,15)10-16-9(17-11(19)18-10)7-6-8-4-2-1-3-5-8/h1-7H,(H,16,17,18,19). The maximum absolute atomic E-state index is 11.4. The summed E-state index contributed by atoms with van der Waals surface area (Å²) >= 11 is 17.0. The summed E-state index contributed by atoms with van der Waals surface area (Å²) in [6.07, 6.45) is 3.33. The van der Waals surface area contributed by atoms with Gasteiger partial charge in [-0.05, 0) is 11.6 Å². The highest BCUT2D eigenvalue weighted by molar-refractivity contribution is 6.66. The van der Waals surface area contributed by atoms with Crippen LogP contribution in [0.15, 0.2) is 35.1 Å². The van der Waals surface area contributed by atoms with Crippen molar-refractivity contribution in [2.75, 3.05) is 0 Å². The van der Waals surface area contributed by atoms with Crippen molar-refractivity contribution in [3.63, 3.8) is 0 Å². The Bertz CT molecular complexity index is 647. The topological polar surface area (TPSA) is 58.6 Å². The van der Waals surface area contributed by atoms with E-state index < -0.39 is 9.48 Å². The normalized spacial score (nSPS) is 11.9. The lowest BCUT2D eigenvalue weighted by Crippen LogP contribution is -2.20. The minimum absolute atomic E-state index is 0.0646. The molecule has 0 spiro atoms. The average Bonchev–Trinajstić information content (AvgIpc) is 2.36. The van der Waals surface area contributed by atoms with E-state index in [9.17, 15) is 4.79 Å². The molecule has 0 aliphatic heterocycles. The van der Waals surface area contributed by atoms with Crippen LogP contribution in [-0.4, -0.2) is 15.0 Å². The summed E-state index contributed by atoms with van der Waals surface area (Å²) in [5.41, 5.74) is 0.325. The number of halogens is 3. The third-order valence-corrected chi connectivity index (χ3v) is 2.70. The number of nitrogens with one attached hydrogen (secondary N) is 1. The molecule has 0 radical (unpaired) electrons. The van der Waals surface area contributed by atoms with Crippen LogP contribution in [0, 0.1) is 0 Å². The molecule has 7 heteroatoms. The van der Waals surface area contributed by atoms with Crippen LogP contribution >= 0.6 is 34.8 Å². The molecule has 0 aliphatic carbocycles. The Balaban J connectivity index is 2.34. The molecule has 0 saturated heterocycles. The molecule has 1 N–H and O–H groups in total. The van der Waals surface area contributed by atoms with Crippen molar-refractivity contribution in [1.29, 1.82) is 0 Å². The zero-order valence-corrected chi connectivity index (χ0v) is 11.7. The lowest BCUT2D eigenvalue weighted by atomic mass is 10.2. The number of rotatable bonds is 2. The van der Waals surface area contributed by atoms with Gasteiger partial charge in [0.2, 0.25) is 3.79 Å². The second kappa shape index (κ2) is 5.74. The van der Waals surface area contributed by atoms with Gasteiger partial charge in [0.1, 0.15) is 0 Å². The van der Waals surface area contributed by atoms with E-state index in [2.05, 4.69) is 15.0 Å². The fourth-order valence-corrected chi connectivity index (χ4v) is 1.61. The minimum atomic E-state index is -1.79. The highest BCUT2D eigenvalue weighted by Crippen LogP contribution is 2.35. The van der Waals surface area contributed by atoms with Crippen molar-refractivity contribution in [3.8, 4) is 0 Å². The van der Waals surface area contributed by atoms with Gasteiger partial charge in [0.05, 0.1) is 0 Å². The lowest BCUT2D eigenvalue weighted by molar-refractivity contribution is 0.870. The molecule has 0 amide bonds.